The normalized spacial score (nSPS) is 10.5. The van der Waals surface area contributed by atoms with E-state index in [1.165, 1.54) is 36.4 Å². The molecule has 0 atom stereocenters. The lowest BCUT2D eigenvalue weighted by Gasteiger charge is -2.09. The third-order valence-corrected chi connectivity index (χ3v) is 2.86. The molecule has 0 spiro atoms. The van der Waals surface area contributed by atoms with Crippen LogP contribution in [0.2, 0.25) is 0 Å². The Hall–Kier alpha value is -3.01. The highest BCUT2D eigenvalue weighted by Gasteiger charge is 2.30. The van der Waals surface area contributed by atoms with E-state index in [4.69, 9.17) is 0 Å². The van der Waals surface area contributed by atoms with E-state index in [9.17, 15) is 22.4 Å². The third kappa shape index (κ3) is 5.32. The van der Waals surface area contributed by atoms with Crippen LogP contribution in [0.1, 0.15) is 11.1 Å². The Balaban J connectivity index is 1.87. The third-order valence-electron chi connectivity index (χ3n) is 2.86. The summed E-state index contributed by atoms with van der Waals surface area (Å²) in [6, 6.07) is 9.13. The Bertz CT molecular complexity index is 774. The molecule has 2 aromatic carbocycles. The number of amides is 2. The minimum absolute atomic E-state index is 0.0117. The summed E-state index contributed by atoms with van der Waals surface area (Å²) >= 11 is 0. The molecule has 124 valence electrons. The lowest BCUT2D eigenvalue weighted by atomic mass is 10.2. The number of carbonyl (C=O) groups is 1. The van der Waals surface area contributed by atoms with Gasteiger partial charge in [-0.15, -0.1) is 0 Å². The van der Waals surface area contributed by atoms with Crippen molar-refractivity contribution in [2.24, 2.45) is 0 Å². The molecular formula is C17H12F4N2O. The van der Waals surface area contributed by atoms with Crippen LogP contribution >= 0.6 is 0 Å². The van der Waals surface area contributed by atoms with E-state index in [2.05, 4.69) is 22.5 Å². The van der Waals surface area contributed by atoms with E-state index in [1.807, 2.05) is 0 Å². The molecule has 0 bridgehead atoms. The smallest absolute Gasteiger partial charge is 0.327 e. The first-order chi connectivity index (χ1) is 11.3. The van der Waals surface area contributed by atoms with Gasteiger partial charge in [0.05, 0.1) is 12.1 Å². The van der Waals surface area contributed by atoms with E-state index in [-0.39, 0.29) is 18.0 Å². The van der Waals surface area contributed by atoms with E-state index in [0.717, 1.165) is 12.1 Å². The second kappa shape index (κ2) is 7.51. The highest BCUT2D eigenvalue weighted by atomic mass is 19.4. The number of carbonyl (C=O) groups excluding carboxylic acids is 1. The fourth-order valence-electron chi connectivity index (χ4n) is 1.75. The topological polar surface area (TPSA) is 41.1 Å². The molecule has 0 heterocycles. The van der Waals surface area contributed by atoms with Gasteiger partial charge in [-0.2, -0.15) is 13.2 Å². The number of hydrogen-bond donors (Lipinski definition) is 2. The van der Waals surface area contributed by atoms with Gasteiger partial charge in [0, 0.05) is 11.3 Å². The summed E-state index contributed by atoms with van der Waals surface area (Å²) in [4.78, 5) is 11.6. The zero-order valence-corrected chi connectivity index (χ0v) is 12.2. The average molecular weight is 336 g/mol. The van der Waals surface area contributed by atoms with Crippen LogP contribution in [-0.2, 0) is 6.18 Å². The van der Waals surface area contributed by atoms with Crippen LogP contribution in [0.3, 0.4) is 0 Å². The molecule has 24 heavy (non-hydrogen) atoms. The van der Waals surface area contributed by atoms with Crippen molar-refractivity contribution < 1.29 is 22.4 Å². The highest BCUT2D eigenvalue weighted by molar-refractivity contribution is 5.89. The van der Waals surface area contributed by atoms with Gasteiger partial charge in [0.1, 0.15) is 5.82 Å². The number of anilines is 1. The minimum atomic E-state index is -4.48. The van der Waals surface area contributed by atoms with Crippen molar-refractivity contribution >= 4 is 11.7 Å². The number of nitrogens with one attached hydrogen (secondary N) is 2. The molecule has 2 aromatic rings. The predicted octanol–water partition coefficient (Wildman–Crippen LogP) is 4.02. The van der Waals surface area contributed by atoms with Gasteiger partial charge < -0.3 is 10.6 Å². The molecule has 0 saturated heterocycles. The number of rotatable bonds is 2. The van der Waals surface area contributed by atoms with Crippen LogP contribution in [0, 0.1) is 17.7 Å². The monoisotopic (exact) mass is 336 g/mol. The molecule has 2 rings (SSSR count). The summed E-state index contributed by atoms with van der Waals surface area (Å²) in [5.74, 6) is 4.99. The Labute approximate surface area is 135 Å². The fraction of sp³-hybridized carbons (Fsp3) is 0.118. The number of hydrogen-bond acceptors (Lipinski definition) is 1. The molecule has 0 radical (unpaired) electrons. The molecule has 7 heteroatoms. The maximum Gasteiger partial charge on any atom is 0.416 e. The fourth-order valence-corrected chi connectivity index (χ4v) is 1.75. The largest absolute Gasteiger partial charge is 0.416 e. The Kier molecular flexibility index (Phi) is 5.42. The molecule has 0 aromatic heterocycles. The van der Waals surface area contributed by atoms with Crippen LogP contribution in [0.15, 0.2) is 48.5 Å². The lowest BCUT2D eigenvalue weighted by Crippen LogP contribution is -2.29. The average Bonchev–Trinajstić information content (AvgIpc) is 2.53. The standard InChI is InChI=1S/C17H12F4N2O/c18-14-8-6-12(7-9-14)3-2-10-22-16(24)23-15-5-1-4-13(11-15)17(19,20)21/h1,4-9,11H,10H2,(H2,22,23,24). The van der Waals surface area contributed by atoms with Crippen molar-refractivity contribution in [2.75, 3.05) is 11.9 Å². The molecule has 0 aliphatic heterocycles. The molecule has 0 fully saturated rings. The number of halogens is 4. The predicted molar refractivity (Wildman–Crippen MR) is 81.7 cm³/mol. The maximum atomic E-state index is 12.7. The van der Waals surface area contributed by atoms with Crippen LogP contribution in [0.25, 0.3) is 0 Å². The first-order valence-corrected chi connectivity index (χ1v) is 6.81. The minimum Gasteiger partial charge on any atom is -0.327 e. The molecular weight excluding hydrogens is 324 g/mol. The first kappa shape index (κ1) is 17.3. The van der Waals surface area contributed by atoms with Gasteiger partial charge in [-0.05, 0) is 42.5 Å². The molecule has 2 N–H and O–H groups in total. The van der Waals surface area contributed by atoms with Gasteiger partial charge in [-0.25, -0.2) is 9.18 Å². The van der Waals surface area contributed by atoms with Crippen LogP contribution in [0.5, 0.6) is 0 Å². The molecule has 0 unspecified atom stereocenters. The van der Waals surface area contributed by atoms with Gasteiger partial charge in [0.25, 0.3) is 0 Å². The van der Waals surface area contributed by atoms with E-state index < -0.39 is 17.8 Å². The summed E-state index contributed by atoms with van der Waals surface area (Å²) in [7, 11) is 0. The molecule has 3 nitrogen and oxygen atoms in total. The highest BCUT2D eigenvalue weighted by Crippen LogP contribution is 2.30. The van der Waals surface area contributed by atoms with Crippen molar-refractivity contribution in [1.29, 1.82) is 0 Å². The van der Waals surface area contributed by atoms with Crippen molar-refractivity contribution in [1.82, 2.24) is 5.32 Å². The second-order valence-corrected chi connectivity index (χ2v) is 4.69. The lowest BCUT2D eigenvalue weighted by molar-refractivity contribution is -0.137. The molecule has 2 amide bonds. The first-order valence-electron chi connectivity index (χ1n) is 6.81. The summed E-state index contributed by atoms with van der Waals surface area (Å²) in [5.41, 5.74) is -0.248. The SMILES string of the molecule is O=C(NCC#Cc1ccc(F)cc1)Nc1cccc(C(F)(F)F)c1. The van der Waals surface area contributed by atoms with Crippen LogP contribution < -0.4 is 10.6 Å². The van der Waals surface area contributed by atoms with Crippen LogP contribution in [0.4, 0.5) is 28.0 Å². The quantitative estimate of drug-likeness (QED) is 0.631. The molecule has 0 aliphatic carbocycles. The summed E-state index contributed by atoms with van der Waals surface area (Å²) in [6.07, 6.45) is -4.48. The zero-order valence-electron chi connectivity index (χ0n) is 12.2. The van der Waals surface area contributed by atoms with Gasteiger partial charge in [0.2, 0.25) is 0 Å². The summed E-state index contributed by atoms with van der Waals surface area (Å²) < 4.78 is 50.4. The summed E-state index contributed by atoms with van der Waals surface area (Å²) in [5, 5.41) is 4.69. The van der Waals surface area contributed by atoms with E-state index in [0.29, 0.717) is 5.56 Å². The van der Waals surface area contributed by atoms with Crippen molar-refractivity contribution in [3.8, 4) is 11.8 Å². The summed E-state index contributed by atoms with van der Waals surface area (Å²) in [6.45, 7) is -0.0117. The van der Waals surface area contributed by atoms with Crippen LogP contribution in [-0.4, -0.2) is 12.6 Å². The van der Waals surface area contributed by atoms with Crippen molar-refractivity contribution in [2.45, 2.75) is 6.18 Å². The van der Waals surface area contributed by atoms with Gasteiger partial charge in [-0.3, -0.25) is 0 Å². The van der Waals surface area contributed by atoms with Crippen molar-refractivity contribution in [3.05, 3.63) is 65.5 Å². The Morgan fingerprint density at radius 1 is 1.08 bits per heavy atom. The molecule has 0 saturated carbocycles. The van der Waals surface area contributed by atoms with Crippen molar-refractivity contribution in [3.63, 3.8) is 0 Å². The number of urea groups is 1. The Morgan fingerprint density at radius 2 is 1.79 bits per heavy atom. The number of alkyl halides is 3. The maximum absolute atomic E-state index is 12.7. The van der Waals surface area contributed by atoms with Gasteiger partial charge >= 0.3 is 12.2 Å². The van der Waals surface area contributed by atoms with E-state index in [1.54, 1.807) is 0 Å². The Morgan fingerprint density at radius 3 is 2.46 bits per heavy atom. The number of benzene rings is 2. The second-order valence-electron chi connectivity index (χ2n) is 4.69. The van der Waals surface area contributed by atoms with Gasteiger partial charge in [0.15, 0.2) is 0 Å². The van der Waals surface area contributed by atoms with E-state index >= 15 is 0 Å². The van der Waals surface area contributed by atoms with Gasteiger partial charge in [-0.1, -0.05) is 17.9 Å². The molecule has 0 aliphatic rings. The zero-order chi connectivity index (χ0) is 17.6.